The number of amides is 2. The number of esters is 1. The number of anilines is 1. The van der Waals surface area contributed by atoms with E-state index < -0.39 is 29.7 Å². The van der Waals surface area contributed by atoms with E-state index in [1.54, 1.807) is 53.1 Å². The number of aliphatic hydroxyl groups is 1. The number of hydrogen-bond acceptors (Lipinski definition) is 6. The summed E-state index contributed by atoms with van der Waals surface area (Å²) in [6.45, 7) is 7.21. The highest BCUT2D eigenvalue weighted by Crippen LogP contribution is 2.24. The van der Waals surface area contributed by atoms with Crippen molar-refractivity contribution in [2.24, 2.45) is 0 Å². The molecule has 0 aliphatic carbocycles. The minimum absolute atomic E-state index is 0.140. The Kier molecular flexibility index (Phi) is 6.46. The van der Waals surface area contributed by atoms with Crippen molar-refractivity contribution in [3.8, 4) is 0 Å². The smallest absolute Gasteiger partial charge is 0.338 e. The molecule has 2 atom stereocenters. The molecule has 0 spiro atoms. The van der Waals surface area contributed by atoms with E-state index in [1.807, 2.05) is 6.92 Å². The number of benzene rings is 1. The fraction of sp³-hybridized carbons (Fsp3) is 0.550. The number of aliphatic hydroxyl groups excluding tert-OH is 1. The van der Waals surface area contributed by atoms with Crippen LogP contribution >= 0.6 is 0 Å². The molecule has 1 aromatic rings. The van der Waals surface area contributed by atoms with E-state index in [-0.39, 0.29) is 19.1 Å². The summed E-state index contributed by atoms with van der Waals surface area (Å²) in [5.41, 5.74) is 0.971. The van der Waals surface area contributed by atoms with Gasteiger partial charge in [0.15, 0.2) is 12.2 Å². The Morgan fingerprint density at radius 1 is 1.32 bits per heavy atom. The van der Waals surface area contributed by atoms with Crippen molar-refractivity contribution in [3.05, 3.63) is 29.3 Å². The predicted molar refractivity (Wildman–Crippen MR) is 103 cm³/mol. The predicted octanol–water partition coefficient (Wildman–Crippen LogP) is 1.13. The van der Waals surface area contributed by atoms with Crippen LogP contribution in [0.5, 0.6) is 0 Å². The zero-order valence-electron chi connectivity index (χ0n) is 17.2. The van der Waals surface area contributed by atoms with Crippen LogP contribution in [0, 0.1) is 6.92 Å². The summed E-state index contributed by atoms with van der Waals surface area (Å²) >= 11 is 0. The van der Waals surface area contributed by atoms with Crippen molar-refractivity contribution in [3.63, 3.8) is 0 Å². The summed E-state index contributed by atoms with van der Waals surface area (Å²) < 4.78 is 10.5. The Morgan fingerprint density at radius 2 is 1.96 bits per heavy atom. The molecular formula is C20H28N2O6. The topological polar surface area (TPSA) is 96.4 Å². The number of carbonyl (C=O) groups excluding carboxylic acids is 3. The van der Waals surface area contributed by atoms with E-state index in [0.717, 1.165) is 5.56 Å². The second kappa shape index (κ2) is 8.28. The van der Waals surface area contributed by atoms with Crippen LogP contribution in [0.1, 0.15) is 36.7 Å². The molecule has 1 heterocycles. The molecule has 1 saturated heterocycles. The van der Waals surface area contributed by atoms with Crippen LogP contribution < -0.4 is 4.90 Å². The van der Waals surface area contributed by atoms with Gasteiger partial charge in [-0.1, -0.05) is 6.07 Å². The second-order valence-corrected chi connectivity index (χ2v) is 7.96. The van der Waals surface area contributed by atoms with Gasteiger partial charge in [-0.25, -0.2) is 4.79 Å². The van der Waals surface area contributed by atoms with Gasteiger partial charge in [-0.05, 0) is 45.4 Å². The molecule has 2 rings (SSSR count). The van der Waals surface area contributed by atoms with Gasteiger partial charge in [0.05, 0.1) is 6.61 Å². The first-order valence-corrected chi connectivity index (χ1v) is 9.08. The molecule has 2 unspecified atom stereocenters. The molecule has 0 radical (unpaired) electrons. The number of nitrogens with zero attached hydrogens (tertiary/aromatic N) is 2. The third-order valence-corrected chi connectivity index (χ3v) is 4.23. The SMILES string of the molecule is Cc1ccc(N2CCOC(C(O)C(=O)OC(C)(C)C)C2=O)cc1C(=O)N(C)C. The van der Waals surface area contributed by atoms with E-state index in [4.69, 9.17) is 9.47 Å². The summed E-state index contributed by atoms with van der Waals surface area (Å²) in [5, 5.41) is 10.3. The summed E-state index contributed by atoms with van der Waals surface area (Å²) in [4.78, 5) is 40.3. The lowest BCUT2D eigenvalue weighted by molar-refractivity contribution is -0.177. The van der Waals surface area contributed by atoms with Gasteiger partial charge in [-0.15, -0.1) is 0 Å². The van der Waals surface area contributed by atoms with E-state index >= 15 is 0 Å². The molecule has 1 aliphatic rings. The van der Waals surface area contributed by atoms with Crippen LogP contribution in [0.3, 0.4) is 0 Å². The molecule has 8 nitrogen and oxygen atoms in total. The van der Waals surface area contributed by atoms with Crippen molar-refractivity contribution in [1.29, 1.82) is 0 Å². The fourth-order valence-electron chi connectivity index (χ4n) is 2.82. The standard InChI is InChI=1S/C20H28N2O6/c1-12-7-8-13(11-14(12)17(24)21(5)6)22-9-10-27-16(18(22)25)15(23)19(26)28-20(2,3)4/h7-8,11,15-16,23H,9-10H2,1-6H3. The van der Waals surface area contributed by atoms with Crippen molar-refractivity contribution in [2.45, 2.75) is 45.5 Å². The lowest BCUT2D eigenvalue weighted by Crippen LogP contribution is -2.55. The second-order valence-electron chi connectivity index (χ2n) is 7.96. The van der Waals surface area contributed by atoms with Crippen LogP contribution in [0.25, 0.3) is 0 Å². The lowest BCUT2D eigenvalue weighted by Gasteiger charge is -2.34. The molecule has 1 N–H and O–H groups in total. The summed E-state index contributed by atoms with van der Waals surface area (Å²) in [5.74, 6) is -1.65. The first kappa shape index (κ1) is 21.8. The Bertz CT molecular complexity index is 768. The Hall–Kier alpha value is -2.45. The minimum Gasteiger partial charge on any atom is -0.458 e. The van der Waals surface area contributed by atoms with Crippen molar-refractivity contribution in [2.75, 3.05) is 32.1 Å². The van der Waals surface area contributed by atoms with Crippen molar-refractivity contribution >= 4 is 23.5 Å². The normalized spacial score (nSPS) is 18.6. The van der Waals surface area contributed by atoms with Gasteiger partial charge >= 0.3 is 5.97 Å². The molecule has 0 saturated carbocycles. The number of aryl methyl sites for hydroxylation is 1. The number of morpholine rings is 1. The lowest BCUT2D eigenvalue weighted by atomic mass is 10.0. The molecule has 0 bridgehead atoms. The van der Waals surface area contributed by atoms with Gasteiger partial charge < -0.3 is 24.4 Å². The summed E-state index contributed by atoms with van der Waals surface area (Å²) in [6, 6.07) is 5.12. The van der Waals surface area contributed by atoms with Crippen LogP contribution in [-0.2, 0) is 19.1 Å². The highest BCUT2D eigenvalue weighted by molar-refractivity contribution is 6.02. The molecule has 28 heavy (non-hydrogen) atoms. The monoisotopic (exact) mass is 392 g/mol. The molecule has 1 fully saturated rings. The number of carbonyl (C=O) groups is 3. The van der Waals surface area contributed by atoms with Crippen LogP contribution in [0.4, 0.5) is 5.69 Å². The number of hydrogen-bond donors (Lipinski definition) is 1. The average molecular weight is 392 g/mol. The van der Waals surface area contributed by atoms with E-state index in [0.29, 0.717) is 11.3 Å². The third kappa shape index (κ3) is 4.88. The van der Waals surface area contributed by atoms with Crippen LogP contribution in [0.2, 0.25) is 0 Å². The molecule has 1 aromatic carbocycles. The fourth-order valence-corrected chi connectivity index (χ4v) is 2.82. The first-order chi connectivity index (χ1) is 12.9. The molecule has 0 aromatic heterocycles. The Labute approximate surface area is 165 Å². The van der Waals surface area contributed by atoms with Gasteiger partial charge in [0, 0.05) is 31.9 Å². The minimum atomic E-state index is -1.73. The summed E-state index contributed by atoms with van der Waals surface area (Å²) in [6.07, 6.45) is -3.10. The third-order valence-electron chi connectivity index (χ3n) is 4.23. The maximum absolute atomic E-state index is 12.9. The van der Waals surface area contributed by atoms with Gasteiger partial charge in [-0.3, -0.25) is 9.59 Å². The van der Waals surface area contributed by atoms with Gasteiger partial charge in [0.25, 0.3) is 11.8 Å². The first-order valence-electron chi connectivity index (χ1n) is 9.08. The Balaban J connectivity index is 2.26. The zero-order chi connectivity index (χ0) is 21.2. The molecule has 2 amide bonds. The average Bonchev–Trinajstić information content (AvgIpc) is 2.60. The molecule has 154 valence electrons. The van der Waals surface area contributed by atoms with E-state index in [9.17, 15) is 19.5 Å². The highest BCUT2D eigenvalue weighted by atomic mass is 16.6. The largest absolute Gasteiger partial charge is 0.458 e. The van der Waals surface area contributed by atoms with Gasteiger partial charge in [0.2, 0.25) is 0 Å². The van der Waals surface area contributed by atoms with Crippen molar-refractivity contribution < 1.29 is 29.0 Å². The molecule has 8 heteroatoms. The van der Waals surface area contributed by atoms with Gasteiger partial charge in [0.1, 0.15) is 5.60 Å². The van der Waals surface area contributed by atoms with Crippen molar-refractivity contribution in [1.82, 2.24) is 4.90 Å². The number of ether oxygens (including phenoxy) is 2. The quantitative estimate of drug-likeness (QED) is 0.772. The highest BCUT2D eigenvalue weighted by Gasteiger charge is 2.41. The van der Waals surface area contributed by atoms with E-state index in [2.05, 4.69) is 0 Å². The van der Waals surface area contributed by atoms with Crippen LogP contribution in [-0.4, -0.2) is 72.8 Å². The maximum atomic E-state index is 12.9. The van der Waals surface area contributed by atoms with E-state index in [1.165, 1.54) is 9.80 Å². The maximum Gasteiger partial charge on any atom is 0.338 e. The molecule has 1 aliphatic heterocycles. The molecular weight excluding hydrogens is 364 g/mol. The zero-order valence-corrected chi connectivity index (χ0v) is 17.2. The van der Waals surface area contributed by atoms with Crippen LogP contribution in [0.15, 0.2) is 18.2 Å². The number of rotatable bonds is 4. The van der Waals surface area contributed by atoms with Gasteiger partial charge in [-0.2, -0.15) is 0 Å². The summed E-state index contributed by atoms with van der Waals surface area (Å²) in [7, 11) is 3.31. The Morgan fingerprint density at radius 3 is 2.54 bits per heavy atom.